The maximum absolute atomic E-state index is 11.3. The highest BCUT2D eigenvalue weighted by Gasteiger charge is 2.22. The predicted molar refractivity (Wildman–Crippen MR) is 159 cm³/mol. The molecule has 1 saturated heterocycles. The molecule has 1 unspecified atom stereocenters. The molecule has 2 aliphatic heterocycles. The fourth-order valence-corrected chi connectivity index (χ4v) is 4.37. The summed E-state index contributed by atoms with van der Waals surface area (Å²) in [6, 6.07) is 9.83. The molecule has 0 bridgehead atoms. The largest absolute Gasteiger partial charge is 0.499 e. The van der Waals surface area contributed by atoms with Crippen LogP contribution in [0, 0.1) is 6.92 Å². The van der Waals surface area contributed by atoms with Gasteiger partial charge in [-0.15, -0.1) is 0 Å². The van der Waals surface area contributed by atoms with Crippen LogP contribution in [0.4, 0.5) is 5.69 Å². The van der Waals surface area contributed by atoms with Crippen molar-refractivity contribution in [2.24, 2.45) is 0 Å². The highest BCUT2D eigenvalue weighted by molar-refractivity contribution is 5.95. The smallest absolute Gasteiger partial charge is 0.227 e. The number of hydrogen-bond donors (Lipinski definition) is 0. The van der Waals surface area contributed by atoms with E-state index in [9.17, 15) is 4.79 Å². The van der Waals surface area contributed by atoms with E-state index in [0.29, 0.717) is 18.9 Å². The molecule has 2 aromatic heterocycles. The number of carbonyl (C=O) groups excluding carboxylic acids is 1. The van der Waals surface area contributed by atoms with Crippen molar-refractivity contribution in [2.75, 3.05) is 25.2 Å². The zero-order chi connectivity index (χ0) is 29.1. The normalized spacial score (nSPS) is 17.5. The molecule has 1 aromatic carbocycles. The summed E-state index contributed by atoms with van der Waals surface area (Å²) in [7, 11) is 1.66. The quantitative estimate of drug-likeness (QED) is 0.270. The average Bonchev–Trinajstić information content (AvgIpc) is 3.73. The van der Waals surface area contributed by atoms with Crippen LogP contribution in [-0.2, 0) is 20.8 Å². The summed E-state index contributed by atoms with van der Waals surface area (Å²) < 4.78 is 14.9. The van der Waals surface area contributed by atoms with Crippen molar-refractivity contribution in [3.63, 3.8) is 0 Å². The molecule has 9 heteroatoms. The van der Waals surface area contributed by atoms with E-state index in [1.54, 1.807) is 13.4 Å². The summed E-state index contributed by atoms with van der Waals surface area (Å²) in [6.07, 6.45) is 11.4. The number of hydrogen-bond acceptors (Lipinski definition) is 6. The van der Waals surface area contributed by atoms with Gasteiger partial charge in [-0.05, 0) is 58.4 Å². The van der Waals surface area contributed by atoms with Gasteiger partial charge in [0.05, 0.1) is 38.0 Å². The molecule has 5 rings (SSSR count). The van der Waals surface area contributed by atoms with Gasteiger partial charge in [-0.3, -0.25) is 4.79 Å². The zero-order valence-electron chi connectivity index (χ0n) is 24.8. The van der Waals surface area contributed by atoms with E-state index in [1.165, 1.54) is 0 Å². The molecule has 2 aliphatic rings. The summed E-state index contributed by atoms with van der Waals surface area (Å²) in [6.45, 7) is 14.1. The third-order valence-electron chi connectivity index (χ3n) is 6.52. The van der Waals surface area contributed by atoms with E-state index < -0.39 is 0 Å². The molecule has 0 saturated carbocycles. The highest BCUT2D eigenvalue weighted by atomic mass is 16.5. The number of carbonyl (C=O) groups is 1. The Balaban J connectivity index is 0.000000262. The van der Waals surface area contributed by atoms with E-state index in [1.807, 2.05) is 110 Å². The Morgan fingerprint density at radius 2 is 1.90 bits per heavy atom. The summed E-state index contributed by atoms with van der Waals surface area (Å²) in [5.41, 5.74) is 3.83. The first kappa shape index (κ1) is 30.6. The van der Waals surface area contributed by atoms with Crippen LogP contribution in [0.25, 0.3) is 11.3 Å². The van der Waals surface area contributed by atoms with Crippen molar-refractivity contribution < 1.29 is 14.3 Å². The van der Waals surface area contributed by atoms with Crippen molar-refractivity contribution in [3.8, 4) is 0 Å². The molecule has 0 radical (unpaired) electrons. The SMILES string of the molecule is C/C=C(/C=C\C(=C(/C)OC)n1cnc(C)c1)c1nc2n(n1)CCOC2C.CC.O=C1CCCN1c1ccccc1. The van der Waals surface area contributed by atoms with E-state index >= 15 is 0 Å². The van der Waals surface area contributed by atoms with Gasteiger partial charge in [0.2, 0.25) is 5.91 Å². The molecule has 214 valence electrons. The Kier molecular flexibility index (Phi) is 11.4. The van der Waals surface area contributed by atoms with Crippen LogP contribution < -0.4 is 4.90 Å². The predicted octanol–water partition coefficient (Wildman–Crippen LogP) is 6.21. The molecule has 0 spiro atoms. The van der Waals surface area contributed by atoms with E-state index in [0.717, 1.165) is 53.7 Å². The van der Waals surface area contributed by atoms with Crippen molar-refractivity contribution in [1.29, 1.82) is 0 Å². The van der Waals surface area contributed by atoms with E-state index in [2.05, 4.69) is 15.1 Å². The molecule has 1 amide bonds. The molecule has 0 N–H and O–H groups in total. The number of ether oxygens (including phenoxy) is 2. The summed E-state index contributed by atoms with van der Waals surface area (Å²) >= 11 is 0. The number of aryl methyl sites for hydroxylation is 1. The van der Waals surface area contributed by atoms with Crippen LogP contribution in [0.3, 0.4) is 0 Å². The minimum Gasteiger partial charge on any atom is -0.499 e. The topological polar surface area (TPSA) is 87.3 Å². The molecule has 4 heterocycles. The van der Waals surface area contributed by atoms with Gasteiger partial charge in [0.25, 0.3) is 0 Å². The standard InChI is InChI=1S/C19H25N5O2.C10H11NO.C2H6/c1-6-16(18-21-19-15(4)26-10-9-24(19)22-18)7-8-17(14(3)25-5)23-11-13(2)20-12-23;12-10-7-4-8-11(10)9-5-2-1-3-6-9;1-2/h6-8,11-12,15H,9-10H2,1-5H3;1-3,5-6H,4,7-8H2;1-2H3/b8-7-,16-6-,17-14-;;. The lowest BCUT2D eigenvalue weighted by Crippen LogP contribution is -2.23. The van der Waals surface area contributed by atoms with Crippen LogP contribution in [0.1, 0.15) is 70.9 Å². The van der Waals surface area contributed by atoms with Crippen molar-refractivity contribution >= 4 is 22.9 Å². The molecular weight excluding hydrogens is 504 g/mol. The van der Waals surface area contributed by atoms with Gasteiger partial charge in [-0.25, -0.2) is 14.6 Å². The molecule has 1 fully saturated rings. The zero-order valence-corrected chi connectivity index (χ0v) is 24.8. The monoisotopic (exact) mass is 546 g/mol. The minimum atomic E-state index is -0.0350. The van der Waals surface area contributed by atoms with E-state index in [4.69, 9.17) is 9.47 Å². The molecule has 40 heavy (non-hydrogen) atoms. The minimum absolute atomic E-state index is 0.0350. The van der Waals surface area contributed by atoms with Gasteiger partial charge in [0, 0.05) is 30.4 Å². The number of aromatic nitrogens is 5. The van der Waals surface area contributed by atoms with Crippen LogP contribution in [0.5, 0.6) is 0 Å². The lowest BCUT2D eigenvalue weighted by atomic mass is 10.2. The second-order valence-corrected chi connectivity index (χ2v) is 9.16. The van der Waals surface area contributed by atoms with Crippen LogP contribution in [0.15, 0.2) is 66.8 Å². The third kappa shape index (κ3) is 7.57. The number of para-hydroxylation sites is 1. The fourth-order valence-electron chi connectivity index (χ4n) is 4.37. The number of allylic oxidation sites excluding steroid dienone is 6. The second-order valence-electron chi connectivity index (χ2n) is 9.16. The number of rotatable bonds is 6. The Bertz CT molecular complexity index is 1340. The molecule has 3 aromatic rings. The number of nitrogens with zero attached hydrogens (tertiary/aromatic N) is 6. The summed E-state index contributed by atoms with van der Waals surface area (Å²) in [4.78, 5) is 22.1. The highest BCUT2D eigenvalue weighted by Crippen LogP contribution is 2.24. The van der Waals surface area contributed by atoms with Gasteiger partial charge >= 0.3 is 0 Å². The Morgan fingerprint density at radius 3 is 2.48 bits per heavy atom. The molecule has 1 atom stereocenters. The number of anilines is 1. The van der Waals surface area contributed by atoms with Gasteiger partial charge in [0.15, 0.2) is 11.6 Å². The second kappa shape index (κ2) is 15.0. The summed E-state index contributed by atoms with van der Waals surface area (Å²) in [5.74, 6) is 2.62. The van der Waals surface area contributed by atoms with Crippen LogP contribution >= 0.6 is 0 Å². The number of benzene rings is 1. The third-order valence-corrected chi connectivity index (χ3v) is 6.52. The van der Waals surface area contributed by atoms with Crippen LogP contribution in [0.2, 0.25) is 0 Å². The van der Waals surface area contributed by atoms with Gasteiger partial charge in [-0.2, -0.15) is 5.10 Å². The number of amides is 1. The molecule has 0 aliphatic carbocycles. The molecular formula is C31H42N6O3. The maximum Gasteiger partial charge on any atom is 0.227 e. The Morgan fingerprint density at radius 1 is 1.15 bits per heavy atom. The fraction of sp³-hybridized carbons (Fsp3) is 0.419. The first-order valence-corrected chi connectivity index (χ1v) is 13.9. The Labute approximate surface area is 237 Å². The Hall–Kier alpha value is -3.98. The number of methoxy groups -OCH3 is 1. The molecule has 9 nitrogen and oxygen atoms in total. The lowest BCUT2D eigenvalue weighted by molar-refractivity contribution is -0.117. The van der Waals surface area contributed by atoms with E-state index in [-0.39, 0.29) is 12.0 Å². The van der Waals surface area contributed by atoms with Crippen molar-refractivity contribution in [3.05, 3.63) is 84.2 Å². The number of fused-ring (bicyclic) bond motifs is 1. The summed E-state index contributed by atoms with van der Waals surface area (Å²) in [5, 5.41) is 4.63. The lowest BCUT2D eigenvalue weighted by Gasteiger charge is -2.18. The van der Waals surface area contributed by atoms with Gasteiger partial charge < -0.3 is 18.9 Å². The van der Waals surface area contributed by atoms with Gasteiger partial charge in [0.1, 0.15) is 11.9 Å². The first-order chi connectivity index (χ1) is 19.4. The first-order valence-electron chi connectivity index (χ1n) is 13.9. The van der Waals surface area contributed by atoms with Gasteiger partial charge in [-0.1, -0.05) is 38.1 Å². The number of imidazole rings is 1. The van der Waals surface area contributed by atoms with Crippen LogP contribution in [-0.4, -0.2) is 50.5 Å². The van der Waals surface area contributed by atoms with Crippen molar-refractivity contribution in [1.82, 2.24) is 24.3 Å². The average molecular weight is 547 g/mol. The van der Waals surface area contributed by atoms with Crippen molar-refractivity contribution in [2.45, 2.75) is 67.0 Å². The maximum atomic E-state index is 11.3.